The van der Waals surface area contributed by atoms with Crippen LogP contribution in [0, 0.1) is 5.82 Å². The molecule has 0 radical (unpaired) electrons. The van der Waals surface area contributed by atoms with E-state index in [4.69, 9.17) is 10.3 Å². The van der Waals surface area contributed by atoms with Crippen molar-refractivity contribution < 1.29 is 8.91 Å². The van der Waals surface area contributed by atoms with Crippen molar-refractivity contribution in [1.82, 2.24) is 10.1 Å². The molecule has 0 amide bonds. The van der Waals surface area contributed by atoms with Crippen LogP contribution >= 0.6 is 15.9 Å². The minimum Gasteiger partial charge on any atom is -0.339 e. The molecule has 1 atom stereocenters. The molecule has 1 heterocycles. The van der Waals surface area contributed by atoms with Crippen molar-refractivity contribution in [2.24, 2.45) is 5.73 Å². The summed E-state index contributed by atoms with van der Waals surface area (Å²) < 4.78 is 18.8. The third-order valence-corrected chi connectivity index (χ3v) is 3.35. The van der Waals surface area contributed by atoms with Crippen LogP contribution in [0.4, 0.5) is 4.39 Å². The monoisotopic (exact) mass is 327 g/mol. The molecule has 4 nitrogen and oxygen atoms in total. The van der Waals surface area contributed by atoms with E-state index in [9.17, 15) is 4.39 Å². The van der Waals surface area contributed by atoms with Crippen LogP contribution in [0.2, 0.25) is 0 Å². The van der Waals surface area contributed by atoms with E-state index in [-0.39, 0.29) is 11.9 Å². The molecule has 1 aromatic carbocycles. The summed E-state index contributed by atoms with van der Waals surface area (Å²) in [5.41, 5.74) is 6.39. The van der Waals surface area contributed by atoms with Gasteiger partial charge in [-0.2, -0.15) is 4.98 Å². The Bertz CT molecular complexity index is 557. The summed E-state index contributed by atoms with van der Waals surface area (Å²) >= 11 is 3.29. The fourth-order valence-corrected chi connectivity index (χ4v) is 2.24. The summed E-state index contributed by atoms with van der Waals surface area (Å²) in [6.07, 6.45) is 2.52. The number of hydrogen-bond acceptors (Lipinski definition) is 4. The van der Waals surface area contributed by atoms with Crippen LogP contribution in [-0.4, -0.2) is 16.2 Å². The maximum absolute atomic E-state index is 13.0. The topological polar surface area (TPSA) is 64.9 Å². The molecule has 6 heteroatoms. The van der Waals surface area contributed by atoms with E-state index < -0.39 is 0 Å². The van der Waals surface area contributed by atoms with Crippen molar-refractivity contribution >= 4 is 15.9 Å². The van der Waals surface area contributed by atoms with Gasteiger partial charge in [-0.15, -0.1) is 0 Å². The molecule has 0 spiro atoms. The first-order chi connectivity index (χ1) is 9.06. The van der Waals surface area contributed by atoms with Gasteiger partial charge in [-0.05, 0) is 53.9 Å². The minimum absolute atomic E-state index is 0.175. The highest BCUT2D eigenvalue weighted by Crippen LogP contribution is 2.26. The van der Waals surface area contributed by atoms with Gasteiger partial charge in [-0.25, -0.2) is 4.39 Å². The predicted octanol–water partition coefficient (Wildman–Crippen LogP) is 3.31. The largest absolute Gasteiger partial charge is 0.339 e. The molecular formula is C13H15BrFN3O. The van der Waals surface area contributed by atoms with Gasteiger partial charge >= 0.3 is 0 Å². The lowest BCUT2D eigenvalue weighted by Crippen LogP contribution is -2.14. The summed E-state index contributed by atoms with van der Waals surface area (Å²) in [5, 5.41) is 3.90. The van der Waals surface area contributed by atoms with Crippen LogP contribution in [-0.2, 0) is 6.42 Å². The van der Waals surface area contributed by atoms with Crippen LogP contribution < -0.4 is 5.73 Å². The SMILES string of the molecule is CC(N)CCCc1nc(-c2ccc(F)cc2Br)no1. The van der Waals surface area contributed by atoms with Crippen molar-refractivity contribution in [3.8, 4) is 11.4 Å². The van der Waals surface area contributed by atoms with Crippen molar-refractivity contribution in [1.29, 1.82) is 0 Å². The number of nitrogens with two attached hydrogens (primary N) is 1. The smallest absolute Gasteiger partial charge is 0.226 e. The highest BCUT2D eigenvalue weighted by atomic mass is 79.9. The van der Waals surface area contributed by atoms with Crippen LogP contribution in [0.3, 0.4) is 0 Å². The number of aromatic nitrogens is 2. The molecule has 0 fully saturated rings. The Hall–Kier alpha value is -1.27. The number of halogens is 2. The first kappa shape index (κ1) is 14.1. The number of nitrogens with zero attached hydrogens (tertiary/aromatic N) is 2. The Morgan fingerprint density at radius 2 is 2.26 bits per heavy atom. The quantitative estimate of drug-likeness (QED) is 0.914. The molecule has 1 aromatic heterocycles. The van der Waals surface area contributed by atoms with Crippen molar-refractivity contribution in [2.45, 2.75) is 32.2 Å². The second kappa shape index (κ2) is 6.25. The lowest BCUT2D eigenvalue weighted by Gasteiger charge is -2.01. The molecule has 102 valence electrons. The van der Waals surface area contributed by atoms with Gasteiger partial charge in [0.1, 0.15) is 5.82 Å². The first-order valence-corrected chi connectivity index (χ1v) is 6.89. The van der Waals surface area contributed by atoms with Gasteiger partial charge in [-0.1, -0.05) is 5.16 Å². The van der Waals surface area contributed by atoms with Gasteiger partial charge in [0, 0.05) is 22.5 Å². The maximum Gasteiger partial charge on any atom is 0.226 e. The zero-order chi connectivity index (χ0) is 13.8. The van der Waals surface area contributed by atoms with Crippen LogP contribution in [0.15, 0.2) is 27.2 Å². The molecule has 1 unspecified atom stereocenters. The Morgan fingerprint density at radius 3 is 2.95 bits per heavy atom. The number of aryl methyl sites for hydroxylation is 1. The minimum atomic E-state index is -0.309. The Morgan fingerprint density at radius 1 is 1.47 bits per heavy atom. The molecule has 0 aliphatic carbocycles. The highest BCUT2D eigenvalue weighted by Gasteiger charge is 2.12. The fraction of sp³-hybridized carbons (Fsp3) is 0.385. The Kier molecular flexibility index (Phi) is 4.66. The van der Waals surface area contributed by atoms with E-state index in [0.717, 1.165) is 12.8 Å². The third kappa shape index (κ3) is 3.84. The molecule has 0 saturated heterocycles. The van der Waals surface area contributed by atoms with E-state index in [0.29, 0.717) is 28.2 Å². The van der Waals surface area contributed by atoms with Gasteiger partial charge in [0.25, 0.3) is 0 Å². The summed E-state index contributed by atoms with van der Waals surface area (Å²) in [4.78, 5) is 4.30. The van der Waals surface area contributed by atoms with Gasteiger partial charge in [0.05, 0.1) is 0 Å². The average molecular weight is 328 g/mol. The third-order valence-electron chi connectivity index (χ3n) is 2.69. The Balaban J connectivity index is 2.08. The van der Waals surface area contributed by atoms with Gasteiger partial charge in [0.15, 0.2) is 0 Å². The zero-order valence-corrected chi connectivity index (χ0v) is 12.2. The lowest BCUT2D eigenvalue weighted by molar-refractivity contribution is 0.373. The predicted molar refractivity (Wildman–Crippen MR) is 74.0 cm³/mol. The molecule has 0 aliphatic heterocycles. The molecule has 0 aliphatic rings. The van der Waals surface area contributed by atoms with E-state index in [2.05, 4.69) is 26.1 Å². The fourth-order valence-electron chi connectivity index (χ4n) is 1.71. The lowest BCUT2D eigenvalue weighted by atomic mass is 10.1. The second-order valence-corrected chi connectivity index (χ2v) is 5.36. The van der Waals surface area contributed by atoms with Crippen molar-refractivity contribution in [3.05, 3.63) is 34.4 Å². The second-order valence-electron chi connectivity index (χ2n) is 4.51. The molecule has 2 aromatic rings. The highest BCUT2D eigenvalue weighted by molar-refractivity contribution is 9.10. The molecule has 0 saturated carbocycles. The summed E-state index contributed by atoms with van der Waals surface area (Å²) in [6, 6.07) is 4.54. The number of benzene rings is 1. The van der Waals surface area contributed by atoms with E-state index in [1.54, 1.807) is 6.07 Å². The van der Waals surface area contributed by atoms with E-state index >= 15 is 0 Å². The summed E-state index contributed by atoms with van der Waals surface area (Å²) in [7, 11) is 0. The van der Waals surface area contributed by atoms with Gasteiger partial charge in [0.2, 0.25) is 11.7 Å². The number of hydrogen-bond donors (Lipinski definition) is 1. The van der Waals surface area contributed by atoms with E-state index in [1.807, 2.05) is 6.92 Å². The maximum atomic E-state index is 13.0. The normalized spacial score (nSPS) is 12.6. The standard InChI is InChI=1S/C13H15BrFN3O/c1-8(16)3-2-4-12-17-13(18-19-12)10-6-5-9(15)7-11(10)14/h5-8H,2-4,16H2,1H3. The van der Waals surface area contributed by atoms with Gasteiger partial charge in [-0.3, -0.25) is 0 Å². The number of rotatable bonds is 5. The average Bonchev–Trinajstić information content (AvgIpc) is 2.77. The molecule has 2 rings (SSSR count). The summed E-state index contributed by atoms with van der Waals surface area (Å²) in [5.74, 6) is 0.728. The Labute approximate surface area is 119 Å². The van der Waals surface area contributed by atoms with E-state index in [1.165, 1.54) is 12.1 Å². The zero-order valence-electron chi connectivity index (χ0n) is 10.6. The molecule has 0 bridgehead atoms. The molecular weight excluding hydrogens is 313 g/mol. The van der Waals surface area contributed by atoms with Crippen LogP contribution in [0.1, 0.15) is 25.7 Å². The van der Waals surface area contributed by atoms with Crippen molar-refractivity contribution in [3.63, 3.8) is 0 Å². The molecule has 2 N–H and O–H groups in total. The first-order valence-electron chi connectivity index (χ1n) is 6.10. The summed E-state index contributed by atoms with van der Waals surface area (Å²) in [6.45, 7) is 1.97. The van der Waals surface area contributed by atoms with Crippen LogP contribution in [0.5, 0.6) is 0 Å². The molecule has 19 heavy (non-hydrogen) atoms. The van der Waals surface area contributed by atoms with Gasteiger partial charge < -0.3 is 10.3 Å². The van der Waals surface area contributed by atoms with Crippen LogP contribution in [0.25, 0.3) is 11.4 Å². The van der Waals surface area contributed by atoms with Crippen molar-refractivity contribution in [2.75, 3.05) is 0 Å².